The van der Waals surface area contributed by atoms with Crippen LogP contribution in [0.3, 0.4) is 0 Å². The van der Waals surface area contributed by atoms with Crippen LogP contribution in [0.15, 0.2) is 24.3 Å². The van der Waals surface area contributed by atoms with Crippen LogP contribution in [0, 0.1) is 12.3 Å². The van der Waals surface area contributed by atoms with Crippen molar-refractivity contribution in [2.45, 2.75) is 78.1 Å². The molecule has 3 atom stereocenters. The van der Waals surface area contributed by atoms with Crippen LogP contribution in [0.1, 0.15) is 71.6 Å². The fourth-order valence-electron chi connectivity index (χ4n) is 3.45. The predicted octanol–water partition coefficient (Wildman–Crippen LogP) is 2.75. The van der Waals surface area contributed by atoms with Crippen molar-refractivity contribution in [3.05, 3.63) is 35.4 Å². The number of likely N-dealkylation sites (N-methyl/N-ethyl adjacent to an activating group) is 1. The fourth-order valence-corrected chi connectivity index (χ4v) is 3.45. The van der Waals surface area contributed by atoms with Crippen molar-refractivity contribution < 1.29 is 24.2 Å². The summed E-state index contributed by atoms with van der Waals surface area (Å²) in [5, 5.41) is 15.2. The van der Waals surface area contributed by atoms with Gasteiger partial charge in [0.2, 0.25) is 11.8 Å². The maximum absolute atomic E-state index is 13.4. The first-order chi connectivity index (χ1) is 15.5. The lowest BCUT2D eigenvalue weighted by atomic mass is 9.97. The Morgan fingerprint density at radius 3 is 2.33 bits per heavy atom. The van der Waals surface area contributed by atoms with Gasteiger partial charge in [-0.3, -0.25) is 9.59 Å². The highest BCUT2D eigenvalue weighted by Crippen LogP contribution is 2.26. The van der Waals surface area contributed by atoms with Gasteiger partial charge in [0, 0.05) is 18.2 Å². The lowest BCUT2D eigenvalue weighted by Crippen LogP contribution is -2.54. The summed E-state index contributed by atoms with van der Waals surface area (Å²) in [6.07, 6.45) is 6.48. The summed E-state index contributed by atoms with van der Waals surface area (Å²) in [5.74, 6) is 1.56. The topological polar surface area (TPSA) is 108 Å². The molecule has 1 aromatic rings. The summed E-state index contributed by atoms with van der Waals surface area (Å²) >= 11 is 0. The number of aliphatic hydroxyl groups excluding tert-OH is 1. The monoisotopic (exact) mass is 459 g/mol. The smallest absolute Gasteiger partial charge is 0.408 e. The molecule has 1 aromatic carbocycles. The fraction of sp³-hybridized carbons (Fsp3) is 0.560. The zero-order chi connectivity index (χ0) is 25.2. The van der Waals surface area contributed by atoms with Gasteiger partial charge in [-0.1, -0.05) is 37.5 Å². The first kappa shape index (κ1) is 28.0. The minimum absolute atomic E-state index is 0.106. The van der Waals surface area contributed by atoms with Crippen LogP contribution in [0.5, 0.6) is 0 Å². The minimum Gasteiger partial charge on any atom is -0.444 e. The molecule has 0 saturated heterocycles. The van der Waals surface area contributed by atoms with Gasteiger partial charge in [-0.25, -0.2) is 4.79 Å². The van der Waals surface area contributed by atoms with Crippen LogP contribution in [0.4, 0.5) is 4.79 Å². The number of hydrogen-bond acceptors (Lipinski definition) is 5. The first-order valence-electron chi connectivity index (χ1n) is 11.3. The third-order valence-electron chi connectivity index (χ3n) is 4.88. The highest BCUT2D eigenvalue weighted by molar-refractivity contribution is 5.92. The Morgan fingerprint density at radius 2 is 1.82 bits per heavy atom. The zero-order valence-electron chi connectivity index (χ0n) is 20.5. The quantitative estimate of drug-likeness (QED) is 0.466. The second-order valence-corrected chi connectivity index (χ2v) is 8.84. The maximum atomic E-state index is 13.4. The molecule has 0 aromatic heterocycles. The van der Waals surface area contributed by atoms with E-state index in [9.17, 15) is 19.5 Å². The molecule has 182 valence electrons. The van der Waals surface area contributed by atoms with Crippen LogP contribution >= 0.6 is 0 Å². The third kappa shape index (κ3) is 8.43. The SMILES string of the molecule is C#Cc1ccccc1C(C(=O)NC(C)CCC)N(CC)C(=O)C(CO)NC(=O)OC(C)(C)C. The molecule has 33 heavy (non-hydrogen) atoms. The Bertz CT molecular complexity index is 856. The summed E-state index contributed by atoms with van der Waals surface area (Å²) in [4.78, 5) is 40.3. The summed E-state index contributed by atoms with van der Waals surface area (Å²) in [6, 6.07) is 4.47. The summed E-state index contributed by atoms with van der Waals surface area (Å²) in [5.41, 5.74) is 0.194. The van der Waals surface area contributed by atoms with Crippen LogP contribution < -0.4 is 10.6 Å². The van der Waals surface area contributed by atoms with Gasteiger partial charge >= 0.3 is 6.09 Å². The molecular weight excluding hydrogens is 422 g/mol. The highest BCUT2D eigenvalue weighted by Gasteiger charge is 2.36. The van der Waals surface area contributed by atoms with Crippen molar-refractivity contribution in [3.63, 3.8) is 0 Å². The van der Waals surface area contributed by atoms with E-state index in [1.807, 2.05) is 13.8 Å². The van der Waals surface area contributed by atoms with E-state index in [2.05, 4.69) is 16.6 Å². The number of benzene rings is 1. The van der Waals surface area contributed by atoms with Gasteiger partial charge in [-0.15, -0.1) is 6.42 Å². The molecule has 3 N–H and O–H groups in total. The molecule has 0 radical (unpaired) electrons. The number of alkyl carbamates (subject to hydrolysis) is 1. The van der Waals surface area contributed by atoms with Crippen molar-refractivity contribution in [1.29, 1.82) is 0 Å². The molecular formula is C25H37N3O5. The van der Waals surface area contributed by atoms with Gasteiger partial charge in [-0.05, 0) is 52.7 Å². The average Bonchev–Trinajstić information content (AvgIpc) is 2.74. The molecule has 0 aliphatic heterocycles. The summed E-state index contributed by atoms with van der Waals surface area (Å²) in [6.45, 7) is 10.2. The Balaban J connectivity index is 3.34. The molecule has 0 aliphatic carbocycles. The first-order valence-corrected chi connectivity index (χ1v) is 11.3. The number of ether oxygens (including phenoxy) is 1. The van der Waals surface area contributed by atoms with Crippen LogP contribution in [-0.2, 0) is 14.3 Å². The minimum atomic E-state index is -1.29. The Morgan fingerprint density at radius 1 is 1.18 bits per heavy atom. The standard InChI is InChI=1S/C25H37N3O5/c1-8-13-17(4)26-22(30)21(19-15-12-11-14-18(19)9-2)28(10-3)23(31)20(16-29)27-24(32)33-25(5,6)7/h2,11-12,14-15,17,20-21,29H,8,10,13,16H2,1,3-7H3,(H,26,30)(H,27,32). The number of terminal acetylenes is 1. The number of carbonyl (C=O) groups is 3. The largest absolute Gasteiger partial charge is 0.444 e. The molecule has 0 saturated carbocycles. The Hall–Kier alpha value is -3.05. The van der Waals surface area contributed by atoms with E-state index in [0.29, 0.717) is 11.1 Å². The van der Waals surface area contributed by atoms with Gasteiger partial charge in [0.1, 0.15) is 17.7 Å². The third-order valence-corrected chi connectivity index (χ3v) is 4.88. The van der Waals surface area contributed by atoms with Gasteiger partial charge in [0.05, 0.1) is 6.61 Å². The van der Waals surface area contributed by atoms with E-state index in [4.69, 9.17) is 11.2 Å². The van der Waals surface area contributed by atoms with Crippen LogP contribution in [0.25, 0.3) is 0 Å². The van der Waals surface area contributed by atoms with Crippen molar-refractivity contribution in [2.75, 3.05) is 13.2 Å². The van der Waals surface area contributed by atoms with Crippen LogP contribution in [0.2, 0.25) is 0 Å². The van der Waals surface area contributed by atoms with E-state index >= 15 is 0 Å². The summed E-state index contributed by atoms with van der Waals surface area (Å²) < 4.78 is 5.20. The van der Waals surface area contributed by atoms with E-state index < -0.39 is 36.3 Å². The Kier molecular flexibility index (Phi) is 10.9. The second kappa shape index (κ2) is 12.9. The molecule has 0 aliphatic rings. The zero-order valence-corrected chi connectivity index (χ0v) is 20.5. The molecule has 0 heterocycles. The molecule has 0 fully saturated rings. The van der Waals surface area contributed by atoms with E-state index in [1.54, 1.807) is 52.0 Å². The van der Waals surface area contributed by atoms with Gasteiger partial charge in [0.15, 0.2) is 0 Å². The molecule has 0 spiro atoms. The molecule has 0 bridgehead atoms. The number of nitrogens with zero attached hydrogens (tertiary/aromatic N) is 1. The second-order valence-electron chi connectivity index (χ2n) is 8.84. The predicted molar refractivity (Wildman–Crippen MR) is 127 cm³/mol. The molecule has 1 rings (SSSR count). The number of amides is 3. The molecule has 8 nitrogen and oxygen atoms in total. The van der Waals surface area contributed by atoms with Gasteiger partial charge in [-0.2, -0.15) is 0 Å². The highest BCUT2D eigenvalue weighted by atomic mass is 16.6. The van der Waals surface area contributed by atoms with Crippen molar-refractivity contribution in [3.8, 4) is 12.3 Å². The molecule has 3 amide bonds. The molecule has 8 heteroatoms. The summed E-state index contributed by atoms with van der Waals surface area (Å²) in [7, 11) is 0. The van der Waals surface area contributed by atoms with Crippen LogP contribution in [-0.4, -0.2) is 58.8 Å². The maximum Gasteiger partial charge on any atom is 0.408 e. The number of hydrogen-bond donors (Lipinski definition) is 3. The number of rotatable bonds is 10. The molecule has 3 unspecified atom stereocenters. The lowest BCUT2D eigenvalue weighted by Gasteiger charge is -2.34. The number of nitrogens with one attached hydrogen (secondary N) is 2. The van der Waals surface area contributed by atoms with E-state index in [0.717, 1.165) is 12.8 Å². The van der Waals surface area contributed by atoms with E-state index in [1.165, 1.54) is 4.90 Å². The van der Waals surface area contributed by atoms with Crippen molar-refractivity contribution in [1.82, 2.24) is 15.5 Å². The number of carbonyl (C=O) groups excluding carboxylic acids is 3. The van der Waals surface area contributed by atoms with E-state index in [-0.39, 0.29) is 18.5 Å². The number of aliphatic hydroxyl groups is 1. The normalized spacial score (nSPS) is 13.8. The lowest BCUT2D eigenvalue weighted by molar-refractivity contribution is -0.143. The van der Waals surface area contributed by atoms with Gasteiger partial charge in [0.25, 0.3) is 0 Å². The average molecular weight is 460 g/mol. The van der Waals surface area contributed by atoms with Gasteiger partial charge < -0.3 is 25.4 Å². The van der Waals surface area contributed by atoms with Crippen molar-refractivity contribution in [2.24, 2.45) is 0 Å². The van der Waals surface area contributed by atoms with Crippen molar-refractivity contribution >= 4 is 17.9 Å². The Labute approximate surface area is 197 Å².